The van der Waals surface area contributed by atoms with Crippen molar-refractivity contribution in [2.75, 3.05) is 19.6 Å². The van der Waals surface area contributed by atoms with Crippen molar-refractivity contribution in [3.05, 3.63) is 42.0 Å². The number of halogens is 1. The zero-order valence-electron chi connectivity index (χ0n) is 15.1. The van der Waals surface area contributed by atoms with E-state index in [2.05, 4.69) is 22.5 Å². The molecule has 0 bridgehead atoms. The molecule has 5 nitrogen and oxygen atoms in total. The summed E-state index contributed by atoms with van der Waals surface area (Å²) in [4.78, 5) is 16.5. The number of oxazole rings is 1. The molecular weight excluding hydrogens is 333 g/mol. The number of nitrogens with one attached hydrogen (secondary N) is 2. The lowest BCUT2D eigenvalue weighted by atomic mass is 9.85. The summed E-state index contributed by atoms with van der Waals surface area (Å²) < 4.78 is 18.4. The minimum atomic E-state index is -0.290. The summed E-state index contributed by atoms with van der Waals surface area (Å²) in [5.74, 6) is 1.24. The second-order valence-electron chi connectivity index (χ2n) is 7.04. The molecule has 26 heavy (non-hydrogen) atoms. The largest absolute Gasteiger partial charge is 0.444 e. The smallest absolute Gasteiger partial charge is 0.226 e. The molecule has 1 aliphatic heterocycles. The zero-order valence-corrected chi connectivity index (χ0v) is 15.1. The second kappa shape index (κ2) is 8.94. The molecular formula is C20H26FN3O2. The summed E-state index contributed by atoms with van der Waals surface area (Å²) in [5, 5.41) is 6.37. The van der Waals surface area contributed by atoms with E-state index in [0.29, 0.717) is 37.1 Å². The van der Waals surface area contributed by atoms with Crippen LogP contribution in [0.5, 0.6) is 0 Å². The molecule has 2 unspecified atom stereocenters. The number of nitrogens with zero attached hydrogens (tertiary/aromatic N) is 1. The maximum Gasteiger partial charge on any atom is 0.226 e. The van der Waals surface area contributed by atoms with Crippen molar-refractivity contribution in [3.63, 3.8) is 0 Å². The van der Waals surface area contributed by atoms with Gasteiger partial charge < -0.3 is 15.1 Å². The lowest BCUT2D eigenvalue weighted by Gasteiger charge is -2.28. The SMILES string of the molecule is CC(CC(=O)NCCc1coc(-c2ccc(F)cc2)n1)C1CCCNC1. The molecule has 1 saturated heterocycles. The molecule has 0 aliphatic carbocycles. The van der Waals surface area contributed by atoms with E-state index in [0.717, 1.165) is 24.3 Å². The van der Waals surface area contributed by atoms with Gasteiger partial charge in [-0.1, -0.05) is 6.92 Å². The molecule has 1 fully saturated rings. The molecule has 1 amide bonds. The van der Waals surface area contributed by atoms with E-state index >= 15 is 0 Å². The molecule has 2 heterocycles. The lowest BCUT2D eigenvalue weighted by Crippen LogP contribution is -2.36. The van der Waals surface area contributed by atoms with Crippen LogP contribution in [-0.2, 0) is 11.2 Å². The van der Waals surface area contributed by atoms with Crippen molar-refractivity contribution in [1.82, 2.24) is 15.6 Å². The van der Waals surface area contributed by atoms with Crippen LogP contribution in [0.3, 0.4) is 0 Å². The van der Waals surface area contributed by atoms with Crippen LogP contribution in [0.25, 0.3) is 11.5 Å². The molecule has 2 aromatic rings. The first-order valence-electron chi connectivity index (χ1n) is 9.29. The first kappa shape index (κ1) is 18.6. The fourth-order valence-electron chi connectivity index (χ4n) is 3.37. The van der Waals surface area contributed by atoms with Crippen LogP contribution in [-0.4, -0.2) is 30.5 Å². The van der Waals surface area contributed by atoms with Gasteiger partial charge in [0.15, 0.2) is 0 Å². The van der Waals surface area contributed by atoms with E-state index in [1.165, 1.54) is 25.0 Å². The number of piperidine rings is 1. The summed E-state index contributed by atoms with van der Waals surface area (Å²) in [7, 11) is 0. The van der Waals surface area contributed by atoms with E-state index in [9.17, 15) is 9.18 Å². The molecule has 3 rings (SSSR count). The highest BCUT2D eigenvalue weighted by atomic mass is 19.1. The van der Waals surface area contributed by atoms with Gasteiger partial charge in [0.05, 0.1) is 5.69 Å². The quantitative estimate of drug-likeness (QED) is 0.797. The van der Waals surface area contributed by atoms with Gasteiger partial charge >= 0.3 is 0 Å². The van der Waals surface area contributed by atoms with E-state index in [1.54, 1.807) is 18.4 Å². The standard InChI is InChI=1S/C20H26FN3O2/c1-14(16-3-2-9-22-12-16)11-19(25)23-10-8-18-13-26-20(24-18)15-4-6-17(21)7-5-15/h4-7,13-14,16,22H,2-3,8-12H2,1H3,(H,23,25). The third-order valence-corrected chi connectivity index (χ3v) is 4.99. The van der Waals surface area contributed by atoms with Gasteiger partial charge in [0.2, 0.25) is 11.8 Å². The average molecular weight is 359 g/mol. The lowest BCUT2D eigenvalue weighted by molar-refractivity contribution is -0.122. The Labute approximate surface area is 153 Å². The first-order valence-corrected chi connectivity index (χ1v) is 9.29. The summed E-state index contributed by atoms with van der Waals surface area (Å²) in [6, 6.07) is 6.02. The molecule has 140 valence electrons. The Kier molecular flexibility index (Phi) is 6.39. The predicted octanol–water partition coefficient (Wildman–Crippen LogP) is 3.17. The van der Waals surface area contributed by atoms with Crippen LogP contribution in [0.15, 0.2) is 34.9 Å². The Morgan fingerprint density at radius 3 is 2.96 bits per heavy atom. The molecule has 1 aliphatic rings. The van der Waals surface area contributed by atoms with Crippen LogP contribution in [0, 0.1) is 17.7 Å². The zero-order chi connectivity index (χ0) is 18.4. The topological polar surface area (TPSA) is 67.2 Å². The van der Waals surface area contributed by atoms with Crippen molar-refractivity contribution in [2.45, 2.75) is 32.6 Å². The maximum absolute atomic E-state index is 13.0. The van der Waals surface area contributed by atoms with Gasteiger partial charge in [-0.25, -0.2) is 9.37 Å². The summed E-state index contributed by atoms with van der Waals surface area (Å²) in [6.45, 7) is 4.79. The molecule has 0 saturated carbocycles. The first-order chi connectivity index (χ1) is 12.6. The second-order valence-corrected chi connectivity index (χ2v) is 7.04. The summed E-state index contributed by atoms with van der Waals surface area (Å²) >= 11 is 0. The number of hydrogen-bond donors (Lipinski definition) is 2. The molecule has 6 heteroatoms. The van der Waals surface area contributed by atoms with Gasteiger partial charge in [0, 0.05) is 24.9 Å². The van der Waals surface area contributed by atoms with E-state index < -0.39 is 0 Å². The summed E-state index contributed by atoms with van der Waals surface area (Å²) in [5.41, 5.74) is 1.51. The highest BCUT2D eigenvalue weighted by Crippen LogP contribution is 2.22. The van der Waals surface area contributed by atoms with Crippen molar-refractivity contribution >= 4 is 5.91 Å². The highest BCUT2D eigenvalue weighted by Gasteiger charge is 2.21. The van der Waals surface area contributed by atoms with Gasteiger partial charge in [-0.2, -0.15) is 0 Å². The minimum Gasteiger partial charge on any atom is -0.444 e. The van der Waals surface area contributed by atoms with Gasteiger partial charge in [-0.3, -0.25) is 4.79 Å². The molecule has 1 aromatic heterocycles. The van der Waals surface area contributed by atoms with Crippen LogP contribution >= 0.6 is 0 Å². The van der Waals surface area contributed by atoms with Crippen LogP contribution < -0.4 is 10.6 Å². The van der Waals surface area contributed by atoms with Gasteiger partial charge in [0.1, 0.15) is 12.1 Å². The molecule has 1 aromatic carbocycles. The van der Waals surface area contributed by atoms with Crippen LogP contribution in [0.1, 0.15) is 31.9 Å². The average Bonchev–Trinajstić information content (AvgIpc) is 3.12. The van der Waals surface area contributed by atoms with E-state index in [1.807, 2.05) is 0 Å². The minimum absolute atomic E-state index is 0.0883. The maximum atomic E-state index is 13.0. The third kappa shape index (κ3) is 5.14. The summed E-state index contributed by atoms with van der Waals surface area (Å²) in [6.07, 6.45) is 5.15. The number of hydrogen-bond acceptors (Lipinski definition) is 4. The molecule has 0 radical (unpaired) electrons. The van der Waals surface area contributed by atoms with Crippen molar-refractivity contribution < 1.29 is 13.6 Å². The Bertz CT molecular complexity index is 708. The Balaban J connectivity index is 1.41. The van der Waals surface area contributed by atoms with Crippen molar-refractivity contribution in [1.29, 1.82) is 0 Å². The Morgan fingerprint density at radius 1 is 1.42 bits per heavy atom. The fraction of sp³-hybridized carbons (Fsp3) is 0.500. The normalized spacial score (nSPS) is 18.5. The van der Waals surface area contributed by atoms with E-state index in [4.69, 9.17) is 4.42 Å². The molecule has 0 spiro atoms. The Hall–Kier alpha value is -2.21. The number of rotatable bonds is 7. The van der Waals surface area contributed by atoms with Crippen LogP contribution in [0.4, 0.5) is 4.39 Å². The number of aromatic nitrogens is 1. The highest BCUT2D eigenvalue weighted by molar-refractivity contribution is 5.76. The number of benzene rings is 1. The van der Waals surface area contributed by atoms with Crippen LogP contribution in [0.2, 0.25) is 0 Å². The van der Waals surface area contributed by atoms with E-state index in [-0.39, 0.29) is 11.7 Å². The number of carbonyl (C=O) groups is 1. The predicted molar refractivity (Wildman–Crippen MR) is 98.0 cm³/mol. The van der Waals surface area contributed by atoms with Gasteiger partial charge in [-0.05, 0) is 62.0 Å². The Morgan fingerprint density at radius 2 is 2.23 bits per heavy atom. The number of amides is 1. The van der Waals surface area contributed by atoms with Crippen molar-refractivity contribution in [3.8, 4) is 11.5 Å². The monoisotopic (exact) mass is 359 g/mol. The fourth-order valence-corrected chi connectivity index (χ4v) is 3.37. The van der Waals surface area contributed by atoms with Gasteiger partial charge in [0.25, 0.3) is 0 Å². The molecule has 2 atom stereocenters. The number of carbonyl (C=O) groups excluding carboxylic acids is 1. The molecule has 2 N–H and O–H groups in total. The van der Waals surface area contributed by atoms with Crippen molar-refractivity contribution in [2.24, 2.45) is 11.8 Å². The van der Waals surface area contributed by atoms with Gasteiger partial charge in [-0.15, -0.1) is 0 Å². The third-order valence-electron chi connectivity index (χ3n) is 4.99.